The summed E-state index contributed by atoms with van der Waals surface area (Å²) in [4.78, 5) is 12.0. The predicted molar refractivity (Wildman–Crippen MR) is 80.3 cm³/mol. The first-order valence-electron chi connectivity index (χ1n) is 6.21. The van der Waals surface area contributed by atoms with E-state index in [4.69, 9.17) is 34.8 Å². The van der Waals surface area contributed by atoms with Crippen LogP contribution in [0.2, 0.25) is 15.1 Å². The van der Waals surface area contributed by atoms with Crippen molar-refractivity contribution in [3.05, 3.63) is 27.2 Å². The van der Waals surface area contributed by atoms with E-state index in [2.05, 4.69) is 10.6 Å². The molecule has 0 spiro atoms. The van der Waals surface area contributed by atoms with Gasteiger partial charge in [0.15, 0.2) is 0 Å². The van der Waals surface area contributed by atoms with Gasteiger partial charge in [0.2, 0.25) is 5.91 Å². The SMILES string of the molecule is O=C(CC1CCCNC1)Nc1cc(Cl)c(Cl)cc1Cl. The lowest BCUT2D eigenvalue weighted by molar-refractivity contribution is -0.117. The Labute approximate surface area is 127 Å². The summed E-state index contributed by atoms with van der Waals surface area (Å²) >= 11 is 17.8. The molecule has 0 aliphatic carbocycles. The van der Waals surface area contributed by atoms with Crippen LogP contribution in [0.25, 0.3) is 0 Å². The smallest absolute Gasteiger partial charge is 0.224 e. The van der Waals surface area contributed by atoms with E-state index in [0.29, 0.717) is 33.1 Å². The van der Waals surface area contributed by atoms with Crippen LogP contribution in [-0.4, -0.2) is 19.0 Å². The molecule has 1 aliphatic rings. The van der Waals surface area contributed by atoms with E-state index in [9.17, 15) is 4.79 Å². The molecule has 1 aromatic carbocycles. The van der Waals surface area contributed by atoms with Gasteiger partial charge in [-0.25, -0.2) is 0 Å². The van der Waals surface area contributed by atoms with Crippen molar-refractivity contribution in [2.45, 2.75) is 19.3 Å². The lowest BCUT2D eigenvalue weighted by Crippen LogP contribution is -2.32. The zero-order valence-electron chi connectivity index (χ0n) is 10.3. The van der Waals surface area contributed by atoms with Crippen LogP contribution in [0.4, 0.5) is 5.69 Å². The molecule has 1 heterocycles. The number of carbonyl (C=O) groups is 1. The highest BCUT2D eigenvalue weighted by molar-refractivity contribution is 6.44. The first-order chi connectivity index (χ1) is 9.06. The largest absolute Gasteiger partial charge is 0.325 e. The van der Waals surface area contributed by atoms with Gasteiger partial charge in [0, 0.05) is 6.42 Å². The van der Waals surface area contributed by atoms with Gasteiger partial charge in [-0.05, 0) is 44.0 Å². The molecular formula is C13H15Cl3N2O. The van der Waals surface area contributed by atoms with E-state index < -0.39 is 0 Å². The fraction of sp³-hybridized carbons (Fsp3) is 0.462. The topological polar surface area (TPSA) is 41.1 Å². The Bertz CT molecular complexity index is 473. The van der Waals surface area contributed by atoms with Crippen molar-refractivity contribution < 1.29 is 4.79 Å². The van der Waals surface area contributed by atoms with Crippen LogP contribution in [-0.2, 0) is 4.79 Å². The number of rotatable bonds is 3. The number of benzene rings is 1. The van der Waals surface area contributed by atoms with Gasteiger partial charge < -0.3 is 10.6 Å². The number of hydrogen-bond acceptors (Lipinski definition) is 2. The highest BCUT2D eigenvalue weighted by Crippen LogP contribution is 2.32. The summed E-state index contributed by atoms with van der Waals surface area (Å²) in [5.41, 5.74) is 0.504. The third-order valence-electron chi connectivity index (χ3n) is 3.16. The fourth-order valence-electron chi connectivity index (χ4n) is 2.18. The Morgan fingerprint density at radius 2 is 2.00 bits per heavy atom. The molecule has 3 nitrogen and oxygen atoms in total. The molecule has 1 atom stereocenters. The first kappa shape index (κ1) is 14.9. The minimum atomic E-state index is -0.0472. The second-order valence-electron chi connectivity index (χ2n) is 4.71. The lowest BCUT2D eigenvalue weighted by Gasteiger charge is -2.22. The lowest BCUT2D eigenvalue weighted by atomic mass is 9.96. The third kappa shape index (κ3) is 4.25. The summed E-state index contributed by atoms with van der Waals surface area (Å²) in [5.74, 6) is 0.337. The van der Waals surface area contributed by atoms with Gasteiger partial charge in [0.25, 0.3) is 0 Å². The number of piperidine rings is 1. The van der Waals surface area contributed by atoms with Gasteiger partial charge in [-0.15, -0.1) is 0 Å². The van der Waals surface area contributed by atoms with E-state index in [1.165, 1.54) is 6.07 Å². The summed E-state index contributed by atoms with van der Waals surface area (Å²) in [6, 6.07) is 3.10. The molecule has 1 aliphatic heterocycles. The second kappa shape index (κ2) is 6.80. The standard InChI is InChI=1S/C13H15Cl3N2O/c14-9-5-11(16)12(6-10(9)15)18-13(19)4-8-2-1-3-17-7-8/h5-6,8,17H,1-4,7H2,(H,18,19). The molecule has 0 saturated carbocycles. The number of halogens is 3. The maximum Gasteiger partial charge on any atom is 0.224 e. The number of amides is 1. The van der Waals surface area contributed by atoms with E-state index in [0.717, 1.165) is 25.9 Å². The fourth-order valence-corrected chi connectivity index (χ4v) is 2.77. The minimum Gasteiger partial charge on any atom is -0.325 e. The highest BCUT2D eigenvalue weighted by Gasteiger charge is 2.17. The van der Waals surface area contributed by atoms with Crippen LogP contribution >= 0.6 is 34.8 Å². The molecular weight excluding hydrogens is 307 g/mol. The van der Waals surface area contributed by atoms with Crippen LogP contribution in [0, 0.1) is 5.92 Å². The van der Waals surface area contributed by atoms with Gasteiger partial charge in [0.05, 0.1) is 20.8 Å². The summed E-state index contributed by atoms with van der Waals surface area (Å²) < 4.78 is 0. The highest BCUT2D eigenvalue weighted by atomic mass is 35.5. The molecule has 1 amide bonds. The molecule has 2 N–H and O–H groups in total. The first-order valence-corrected chi connectivity index (χ1v) is 7.35. The molecule has 0 radical (unpaired) electrons. The molecule has 104 valence electrons. The third-order valence-corrected chi connectivity index (χ3v) is 4.19. The second-order valence-corrected chi connectivity index (χ2v) is 5.93. The average Bonchev–Trinajstić information content (AvgIpc) is 2.37. The van der Waals surface area contributed by atoms with Crippen molar-refractivity contribution in [1.29, 1.82) is 0 Å². The van der Waals surface area contributed by atoms with Crippen molar-refractivity contribution in [2.24, 2.45) is 5.92 Å². The zero-order chi connectivity index (χ0) is 13.8. The van der Waals surface area contributed by atoms with E-state index in [-0.39, 0.29) is 5.91 Å². The predicted octanol–water partition coefficient (Wildman–Crippen LogP) is 3.98. The maximum absolute atomic E-state index is 12.0. The van der Waals surface area contributed by atoms with Gasteiger partial charge in [-0.1, -0.05) is 34.8 Å². The average molecular weight is 322 g/mol. The molecule has 2 rings (SSSR count). The molecule has 1 saturated heterocycles. The van der Waals surface area contributed by atoms with Gasteiger partial charge in [0.1, 0.15) is 0 Å². The normalized spacial score (nSPS) is 19.2. The zero-order valence-corrected chi connectivity index (χ0v) is 12.6. The Morgan fingerprint density at radius 1 is 1.26 bits per heavy atom. The number of hydrogen-bond donors (Lipinski definition) is 2. The Hall–Kier alpha value is -0.480. The van der Waals surface area contributed by atoms with Crippen molar-refractivity contribution >= 4 is 46.4 Å². The van der Waals surface area contributed by atoms with Crippen molar-refractivity contribution in [2.75, 3.05) is 18.4 Å². The van der Waals surface area contributed by atoms with Crippen LogP contribution in [0.3, 0.4) is 0 Å². The van der Waals surface area contributed by atoms with E-state index in [1.807, 2.05) is 0 Å². The van der Waals surface area contributed by atoms with Crippen molar-refractivity contribution in [3.63, 3.8) is 0 Å². The van der Waals surface area contributed by atoms with E-state index in [1.54, 1.807) is 6.07 Å². The monoisotopic (exact) mass is 320 g/mol. The van der Waals surface area contributed by atoms with Crippen LogP contribution in [0.1, 0.15) is 19.3 Å². The quantitative estimate of drug-likeness (QED) is 0.827. The molecule has 19 heavy (non-hydrogen) atoms. The Kier molecular flexibility index (Phi) is 5.34. The number of anilines is 1. The van der Waals surface area contributed by atoms with Crippen LogP contribution in [0.5, 0.6) is 0 Å². The summed E-state index contributed by atoms with van der Waals surface area (Å²) in [6.45, 7) is 1.93. The summed E-state index contributed by atoms with van der Waals surface area (Å²) in [5, 5.41) is 7.22. The van der Waals surface area contributed by atoms with Crippen LogP contribution in [0.15, 0.2) is 12.1 Å². The molecule has 1 unspecified atom stereocenters. The molecule has 1 fully saturated rings. The molecule has 0 bridgehead atoms. The Morgan fingerprint density at radius 3 is 2.68 bits per heavy atom. The molecule has 0 aromatic heterocycles. The van der Waals surface area contributed by atoms with Gasteiger partial charge in [-0.2, -0.15) is 0 Å². The number of carbonyl (C=O) groups excluding carboxylic acids is 1. The minimum absolute atomic E-state index is 0.0472. The van der Waals surface area contributed by atoms with Gasteiger partial charge >= 0.3 is 0 Å². The van der Waals surface area contributed by atoms with Gasteiger partial charge in [-0.3, -0.25) is 4.79 Å². The van der Waals surface area contributed by atoms with Crippen LogP contribution < -0.4 is 10.6 Å². The van der Waals surface area contributed by atoms with Crippen molar-refractivity contribution in [1.82, 2.24) is 5.32 Å². The van der Waals surface area contributed by atoms with Crippen molar-refractivity contribution in [3.8, 4) is 0 Å². The number of nitrogens with one attached hydrogen (secondary N) is 2. The van der Waals surface area contributed by atoms with E-state index >= 15 is 0 Å². The summed E-state index contributed by atoms with van der Waals surface area (Å²) in [6.07, 6.45) is 2.69. The maximum atomic E-state index is 12.0. The molecule has 6 heteroatoms. The Balaban J connectivity index is 1.96. The molecule has 1 aromatic rings. The summed E-state index contributed by atoms with van der Waals surface area (Å²) in [7, 11) is 0.